The minimum absolute atomic E-state index is 0.0492. The molecule has 0 saturated carbocycles. The topological polar surface area (TPSA) is 61.8 Å². The number of aromatic hydroxyl groups is 1. The summed E-state index contributed by atoms with van der Waals surface area (Å²) in [6, 6.07) is 3.26. The van der Waals surface area contributed by atoms with E-state index in [1.807, 2.05) is 0 Å². The number of phenols is 1. The number of likely N-dealkylation sites (tertiary alicyclic amines) is 1. The van der Waals surface area contributed by atoms with Gasteiger partial charge in [-0.2, -0.15) is 0 Å². The fraction of sp³-hybridized carbons (Fsp3) is 0.588. The molecule has 0 radical (unpaired) electrons. The van der Waals surface area contributed by atoms with Crippen LogP contribution in [-0.2, 0) is 4.79 Å². The maximum Gasteiger partial charge on any atom is 0.280 e. The SMILES string of the molecule is O=C1NCCC[C@H]2c3c(ccc(O)c3Cl)O[C@@]12N1CCCCC1. The van der Waals surface area contributed by atoms with Gasteiger partial charge < -0.3 is 15.2 Å². The molecule has 1 aromatic rings. The van der Waals surface area contributed by atoms with Crippen molar-refractivity contribution in [2.75, 3.05) is 19.6 Å². The summed E-state index contributed by atoms with van der Waals surface area (Å²) in [5, 5.41) is 13.3. The Balaban J connectivity index is 1.86. The van der Waals surface area contributed by atoms with Crippen LogP contribution >= 0.6 is 11.6 Å². The van der Waals surface area contributed by atoms with Crippen molar-refractivity contribution in [1.82, 2.24) is 10.2 Å². The van der Waals surface area contributed by atoms with Crippen LogP contribution in [0.4, 0.5) is 0 Å². The molecular weight excluding hydrogens is 316 g/mol. The molecule has 23 heavy (non-hydrogen) atoms. The van der Waals surface area contributed by atoms with Crippen LogP contribution in [0.25, 0.3) is 0 Å². The zero-order chi connectivity index (χ0) is 16.0. The number of hydrogen-bond donors (Lipinski definition) is 2. The molecule has 3 aliphatic heterocycles. The summed E-state index contributed by atoms with van der Waals surface area (Å²) in [6.07, 6.45) is 5.01. The molecule has 124 valence electrons. The first-order valence-corrected chi connectivity index (χ1v) is 8.76. The smallest absolute Gasteiger partial charge is 0.280 e. The van der Waals surface area contributed by atoms with Gasteiger partial charge in [0.15, 0.2) is 0 Å². The Morgan fingerprint density at radius 3 is 2.83 bits per heavy atom. The maximum absolute atomic E-state index is 13.0. The highest BCUT2D eigenvalue weighted by molar-refractivity contribution is 6.33. The predicted molar refractivity (Wildman–Crippen MR) is 86.9 cm³/mol. The van der Waals surface area contributed by atoms with Crippen LogP contribution in [-0.4, -0.2) is 41.3 Å². The van der Waals surface area contributed by atoms with Crippen molar-refractivity contribution in [2.24, 2.45) is 0 Å². The van der Waals surface area contributed by atoms with Crippen molar-refractivity contribution >= 4 is 17.5 Å². The van der Waals surface area contributed by atoms with Crippen LogP contribution in [0.15, 0.2) is 12.1 Å². The van der Waals surface area contributed by atoms with Crippen LogP contribution in [0, 0.1) is 0 Å². The fourth-order valence-electron chi connectivity index (χ4n) is 4.25. The number of ether oxygens (including phenoxy) is 1. The summed E-state index contributed by atoms with van der Waals surface area (Å²) in [6.45, 7) is 2.35. The average Bonchev–Trinajstić information content (AvgIpc) is 2.83. The number of rotatable bonds is 1. The van der Waals surface area contributed by atoms with Crippen molar-refractivity contribution in [3.63, 3.8) is 0 Å². The molecule has 1 aromatic carbocycles. The largest absolute Gasteiger partial charge is 0.506 e. The lowest BCUT2D eigenvalue weighted by molar-refractivity contribution is -0.159. The number of fused-ring (bicyclic) bond motifs is 3. The third-order valence-corrected chi connectivity index (χ3v) is 5.71. The van der Waals surface area contributed by atoms with E-state index in [2.05, 4.69) is 10.2 Å². The molecule has 0 bridgehead atoms. The van der Waals surface area contributed by atoms with E-state index in [0.717, 1.165) is 44.3 Å². The van der Waals surface area contributed by atoms with Crippen molar-refractivity contribution in [3.8, 4) is 11.5 Å². The van der Waals surface area contributed by atoms with Crippen molar-refractivity contribution < 1.29 is 14.6 Å². The zero-order valence-electron chi connectivity index (χ0n) is 13.0. The molecule has 3 aliphatic rings. The van der Waals surface area contributed by atoms with Gasteiger partial charge in [-0.1, -0.05) is 18.0 Å². The maximum atomic E-state index is 13.0. The molecule has 2 saturated heterocycles. The Kier molecular flexibility index (Phi) is 3.65. The Labute approximate surface area is 140 Å². The third kappa shape index (κ3) is 2.13. The molecule has 2 atom stereocenters. The van der Waals surface area contributed by atoms with Gasteiger partial charge in [0.05, 0.1) is 10.9 Å². The van der Waals surface area contributed by atoms with Gasteiger partial charge in [0, 0.05) is 25.2 Å². The molecule has 0 aromatic heterocycles. The van der Waals surface area contributed by atoms with Crippen molar-refractivity contribution in [2.45, 2.75) is 43.7 Å². The van der Waals surface area contributed by atoms with E-state index in [4.69, 9.17) is 16.3 Å². The molecule has 0 unspecified atom stereocenters. The highest BCUT2D eigenvalue weighted by Gasteiger charge is 2.59. The Bertz CT molecular complexity index is 645. The number of nitrogens with zero attached hydrogens (tertiary/aromatic N) is 1. The molecule has 2 N–H and O–H groups in total. The minimum Gasteiger partial charge on any atom is -0.506 e. The van der Waals surface area contributed by atoms with Gasteiger partial charge in [0.2, 0.25) is 5.72 Å². The summed E-state index contributed by atoms with van der Waals surface area (Å²) >= 11 is 6.38. The molecule has 0 aliphatic carbocycles. The van der Waals surface area contributed by atoms with E-state index in [0.29, 0.717) is 17.3 Å². The lowest BCUT2D eigenvalue weighted by atomic mass is 9.84. The number of carbonyl (C=O) groups is 1. The number of amides is 1. The number of halogens is 1. The zero-order valence-corrected chi connectivity index (χ0v) is 13.7. The highest BCUT2D eigenvalue weighted by atomic mass is 35.5. The lowest BCUT2D eigenvalue weighted by Gasteiger charge is -2.43. The number of carbonyl (C=O) groups excluding carboxylic acids is 1. The third-order valence-electron chi connectivity index (χ3n) is 5.31. The lowest BCUT2D eigenvalue weighted by Crippen LogP contribution is -2.64. The monoisotopic (exact) mass is 336 g/mol. The molecule has 4 rings (SSSR count). The van der Waals surface area contributed by atoms with Crippen molar-refractivity contribution in [3.05, 3.63) is 22.7 Å². The first-order valence-electron chi connectivity index (χ1n) is 8.38. The fourth-order valence-corrected chi connectivity index (χ4v) is 4.53. The van der Waals surface area contributed by atoms with E-state index in [1.54, 1.807) is 6.07 Å². The number of hydrogen-bond acceptors (Lipinski definition) is 4. The van der Waals surface area contributed by atoms with Gasteiger partial charge >= 0.3 is 0 Å². The van der Waals surface area contributed by atoms with E-state index in [9.17, 15) is 9.90 Å². The van der Waals surface area contributed by atoms with Gasteiger partial charge in [-0.3, -0.25) is 9.69 Å². The summed E-state index contributed by atoms with van der Waals surface area (Å²) in [7, 11) is 0. The van der Waals surface area contributed by atoms with Crippen LogP contribution in [0.1, 0.15) is 43.6 Å². The quantitative estimate of drug-likeness (QED) is 0.827. The van der Waals surface area contributed by atoms with Crippen molar-refractivity contribution in [1.29, 1.82) is 0 Å². The molecular formula is C17H21ClN2O3. The second-order valence-corrected chi connectivity index (χ2v) is 6.99. The van der Waals surface area contributed by atoms with Gasteiger partial charge in [-0.15, -0.1) is 0 Å². The predicted octanol–water partition coefficient (Wildman–Crippen LogP) is 2.61. The van der Waals surface area contributed by atoms with Crippen LogP contribution in [0.5, 0.6) is 11.5 Å². The van der Waals surface area contributed by atoms with E-state index >= 15 is 0 Å². The Morgan fingerprint density at radius 2 is 2.04 bits per heavy atom. The van der Waals surface area contributed by atoms with Crippen LogP contribution in [0.2, 0.25) is 5.02 Å². The normalized spacial score (nSPS) is 30.8. The molecule has 5 nitrogen and oxygen atoms in total. The van der Waals surface area contributed by atoms with Gasteiger partial charge in [-0.25, -0.2) is 0 Å². The Morgan fingerprint density at radius 1 is 1.26 bits per heavy atom. The summed E-state index contributed by atoms with van der Waals surface area (Å²) in [5.41, 5.74) is -0.231. The van der Waals surface area contributed by atoms with Gasteiger partial charge in [-0.05, 0) is 37.8 Å². The standard InChI is InChI=1S/C17H21ClN2O3/c18-15-12(21)6-7-13-14(15)11-5-4-8-19-16(22)17(11,23-13)20-9-2-1-3-10-20/h6-7,11,21H,1-5,8-10H2,(H,19,22)/t11-,17+/m0/s1. The van der Waals surface area contributed by atoms with Gasteiger partial charge in [0.1, 0.15) is 11.5 Å². The van der Waals surface area contributed by atoms with Crippen LogP contribution < -0.4 is 10.1 Å². The summed E-state index contributed by atoms with van der Waals surface area (Å²) < 4.78 is 6.28. The number of phenolic OH excluding ortho intramolecular Hbond substituents is 1. The molecule has 1 amide bonds. The summed E-state index contributed by atoms with van der Waals surface area (Å²) in [4.78, 5) is 15.2. The second kappa shape index (κ2) is 5.56. The number of nitrogens with one attached hydrogen (secondary N) is 1. The molecule has 3 heterocycles. The van der Waals surface area contributed by atoms with E-state index in [1.165, 1.54) is 12.5 Å². The first-order chi connectivity index (χ1) is 11.1. The number of piperidine rings is 1. The minimum atomic E-state index is -1.02. The second-order valence-electron chi connectivity index (χ2n) is 6.61. The van der Waals surface area contributed by atoms with Gasteiger partial charge in [0.25, 0.3) is 5.91 Å². The number of benzene rings is 1. The Hall–Kier alpha value is -1.46. The molecule has 0 spiro atoms. The molecule has 2 fully saturated rings. The highest BCUT2D eigenvalue weighted by Crippen LogP contribution is 2.54. The van der Waals surface area contributed by atoms with E-state index < -0.39 is 5.72 Å². The average molecular weight is 337 g/mol. The summed E-state index contributed by atoms with van der Waals surface area (Å²) in [5.74, 6) is 0.458. The van der Waals surface area contributed by atoms with Crippen LogP contribution in [0.3, 0.4) is 0 Å². The van der Waals surface area contributed by atoms with E-state index in [-0.39, 0.29) is 17.6 Å². The molecule has 6 heteroatoms. The first kappa shape index (κ1) is 15.1.